The molecule has 6 heteroatoms. The molecule has 0 aromatic rings. The minimum Gasteiger partial charge on any atom is -0.390 e. The molecule has 0 saturated heterocycles. The summed E-state index contributed by atoms with van der Waals surface area (Å²) in [6.07, 6.45) is 7.96. The predicted octanol–water partition coefficient (Wildman–Crippen LogP) is 4.32. The number of aliphatic hydroxyl groups is 1. The molecule has 1 N–H and O–H groups in total. The number of Topliss-reactive ketones (excluding diaryl/α,β-unsaturated/α-hetero) is 1. The zero-order valence-electron chi connectivity index (χ0n) is 20.2. The van der Waals surface area contributed by atoms with Crippen LogP contribution in [0.3, 0.4) is 0 Å². The molecule has 5 nitrogen and oxygen atoms in total. The number of aliphatic hydroxyl groups excluding tert-OH is 1. The van der Waals surface area contributed by atoms with Gasteiger partial charge in [0, 0.05) is 23.4 Å². The van der Waals surface area contributed by atoms with E-state index in [2.05, 4.69) is 6.92 Å². The smallest absolute Gasteiger partial charge is 0.227 e. The lowest BCUT2D eigenvalue weighted by molar-refractivity contribution is -0.227. The highest BCUT2D eigenvalue weighted by molar-refractivity contribution is 6.29. The van der Waals surface area contributed by atoms with Crippen LogP contribution >= 0.6 is 0 Å². The van der Waals surface area contributed by atoms with Gasteiger partial charge in [0.05, 0.1) is 6.10 Å². The summed E-state index contributed by atoms with van der Waals surface area (Å²) in [5.41, 5.74) is -4.52. The van der Waals surface area contributed by atoms with Crippen LogP contribution in [0.25, 0.3) is 0 Å². The minimum atomic E-state index is -1.96. The first-order valence-electron chi connectivity index (χ1n) is 12.5. The number of ketones is 2. The number of alkyl halides is 1. The highest BCUT2D eigenvalue weighted by Gasteiger charge is 2.76. The Morgan fingerprint density at radius 3 is 2.70 bits per heavy atom. The second kappa shape index (κ2) is 8.23. The number of rotatable bonds is 7. The van der Waals surface area contributed by atoms with Gasteiger partial charge in [0.25, 0.3) is 0 Å². The van der Waals surface area contributed by atoms with Gasteiger partial charge in [0.1, 0.15) is 5.60 Å². The predicted molar refractivity (Wildman–Crippen MR) is 122 cm³/mol. The molecule has 33 heavy (non-hydrogen) atoms. The summed E-state index contributed by atoms with van der Waals surface area (Å²) in [6, 6.07) is 0. The fourth-order valence-electron chi connectivity index (χ4n) is 8.11. The van der Waals surface area contributed by atoms with Crippen molar-refractivity contribution >= 4 is 17.9 Å². The van der Waals surface area contributed by atoms with Gasteiger partial charge in [0.15, 0.2) is 17.7 Å². The Morgan fingerprint density at radius 2 is 2.03 bits per heavy atom. The van der Waals surface area contributed by atoms with E-state index in [0.717, 1.165) is 24.8 Å². The average molecular weight is 461 g/mol. The second-order valence-corrected chi connectivity index (χ2v) is 11.2. The maximum absolute atomic E-state index is 17.2. The molecule has 182 valence electrons. The van der Waals surface area contributed by atoms with Crippen molar-refractivity contribution < 1.29 is 28.6 Å². The third kappa shape index (κ3) is 3.05. The van der Waals surface area contributed by atoms with Crippen molar-refractivity contribution in [2.24, 2.45) is 28.6 Å². The van der Waals surface area contributed by atoms with E-state index in [1.165, 1.54) is 12.2 Å². The maximum atomic E-state index is 17.2. The SMILES string of the molecule is CCCCCO[C@]1(C(=O)C=O)C(C)C[C@H]2[C@@H]3CCC4=CC(=O)C=C[C@]4(C)[C@@]3(F)C(O)C[C@@]21C. The summed E-state index contributed by atoms with van der Waals surface area (Å²) in [5.74, 6) is -1.74. The van der Waals surface area contributed by atoms with Crippen LogP contribution < -0.4 is 0 Å². The third-order valence-electron chi connectivity index (χ3n) is 9.73. The Morgan fingerprint density at radius 1 is 1.30 bits per heavy atom. The molecule has 4 aliphatic carbocycles. The van der Waals surface area contributed by atoms with E-state index in [4.69, 9.17) is 4.74 Å². The van der Waals surface area contributed by atoms with Crippen molar-refractivity contribution in [3.63, 3.8) is 0 Å². The van der Waals surface area contributed by atoms with Crippen molar-refractivity contribution in [2.45, 2.75) is 90.0 Å². The number of hydrogen-bond donors (Lipinski definition) is 1. The average Bonchev–Trinajstić information content (AvgIpc) is 2.99. The molecule has 0 aromatic carbocycles. The normalized spacial score (nSPS) is 46.2. The number of carbonyl (C=O) groups excluding carboxylic acids is 3. The van der Waals surface area contributed by atoms with Crippen LogP contribution in [0.2, 0.25) is 0 Å². The summed E-state index contributed by atoms with van der Waals surface area (Å²) >= 11 is 0. The van der Waals surface area contributed by atoms with Gasteiger partial charge in [-0.25, -0.2) is 4.39 Å². The fraction of sp³-hybridized carbons (Fsp3) is 0.741. The summed E-state index contributed by atoms with van der Waals surface area (Å²) in [6.45, 7) is 8.06. The van der Waals surface area contributed by atoms with Crippen molar-refractivity contribution in [1.29, 1.82) is 0 Å². The number of fused-ring (bicyclic) bond motifs is 5. The van der Waals surface area contributed by atoms with E-state index in [9.17, 15) is 19.5 Å². The quantitative estimate of drug-likeness (QED) is 0.348. The summed E-state index contributed by atoms with van der Waals surface area (Å²) < 4.78 is 23.6. The van der Waals surface area contributed by atoms with Crippen molar-refractivity contribution in [1.82, 2.24) is 0 Å². The molecule has 3 fully saturated rings. The second-order valence-electron chi connectivity index (χ2n) is 11.2. The highest BCUT2D eigenvalue weighted by Crippen LogP contribution is 2.71. The van der Waals surface area contributed by atoms with E-state index in [-0.39, 0.29) is 24.0 Å². The van der Waals surface area contributed by atoms with Crippen molar-refractivity contribution in [2.75, 3.05) is 6.61 Å². The molecule has 0 radical (unpaired) electrons. The summed E-state index contributed by atoms with van der Waals surface area (Å²) in [4.78, 5) is 37.0. The van der Waals surface area contributed by atoms with Crippen LogP contribution in [0.5, 0.6) is 0 Å². The van der Waals surface area contributed by atoms with Gasteiger partial charge in [-0.3, -0.25) is 14.4 Å². The van der Waals surface area contributed by atoms with Crippen molar-refractivity contribution in [3.8, 4) is 0 Å². The molecule has 0 amide bonds. The van der Waals surface area contributed by atoms with Crippen LogP contribution in [-0.2, 0) is 19.1 Å². The summed E-state index contributed by atoms with van der Waals surface area (Å²) in [5, 5.41) is 11.5. The van der Waals surface area contributed by atoms with Gasteiger partial charge in [-0.2, -0.15) is 0 Å². The molecule has 0 aromatic heterocycles. The molecule has 3 saturated carbocycles. The zero-order chi connectivity index (χ0) is 24.2. The first kappa shape index (κ1) is 24.5. The number of allylic oxidation sites excluding steroid dienone is 4. The first-order chi connectivity index (χ1) is 15.5. The first-order valence-corrected chi connectivity index (χ1v) is 12.5. The largest absolute Gasteiger partial charge is 0.390 e. The Balaban J connectivity index is 1.78. The van der Waals surface area contributed by atoms with E-state index >= 15 is 4.39 Å². The van der Waals surface area contributed by atoms with Crippen LogP contribution in [-0.4, -0.2) is 46.9 Å². The standard InChI is InChI=1S/C27H37FO5/c1-5-6-7-12-33-27(23(32)16-29)17(2)13-21-20-9-8-18-14-19(30)10-11-24(18,3)26(20,28)22(31)15-25(21,27)4/h10-11,14,16-17,20-22,31H,5-9,12-13,15H2,1-4H3/t17?,20-,21-,22?,24-,25-,26-,27-/m0/s1. The third-order valence-corrected chi connectivity index (χ3v) is 9.73. The van der Waals surface area contributed by atoms with Crippen LogP contribution in [0.15, 0.2) is 23.8 Å². The number of ether oxygens (including phenoxy) is 1. The lowest BCUT2D eigenvalue weighted by Gasteiger charge is -2.63. The van der Waals surface area contributed by atoms with E-state index in [1.807, 2.05) is 13.8 Å². The lowest BCUT2D eigenvalue weighted by atomic mass is 9.44. The van der Waals surface area contributed by atoms with Gasteiger partial charge in [0.2, 0.25) is 5.78 Å². The number of aldehydes is 1. The number of carbonyl (C=O) groups is 3. The molecule has 0 heterocycles. The topological polar surface area (TPSA) is 80.7 Å². The Kier molecular flexibility index (Phi) is 6.10. The van der Waals surface area contributed by atoms with Crippen LogP contribution in [0.1, 0.15) is 72.6 Å². The number of hydrogen-bond acceptors (Lipinski definition) is 5. The van der Waals surface area contributed by atoms with Gasteiger partial charge in [-0.05, 0) is 63.0 Å². The van der Waals surface area contributed by atoms with Gasteiger partial charge in [-0.1, -0.05) is 45.3 Å². The molecular weight excluding hydrogens is 423 g/mol. The molecule has 8 atom stereocenters. The molecule has 0 spiro atoms. The fourth-order valence-corrected chi connectivity index (χ4v) is 8.11. The van der Waals surface area contributed by atoms with Crippen molar-refractivity contribution in [3.05, 3.63) is 23.8 Å². The number of halogens is 1. The van der Waals surface area contributed by atoms with Gasteiger partial charge in [-0.15, -0.1) is 0 Å². The molecule has 2 unspecified atom stereocenters. The Hall–Kier alpha value is -1.66. The highest BCUT2D eigenvalue weighted by atomic mass is 19.1. The molecule has 4 rings (SSSR count). The van der Waals surface area contributed by atoms with E-state index in [1.54, 1.807) is 13.0 Å². The van der Waals surface area contributed by atoms with Crippen LogP contribution in [0, 0.1) is 28.6 Å². The maximum Gasteiger partial charge on any atom is 0.227 e. The summed E-state index contributed by atoms with van der Waals surface area (Å²) in [7, 11) is 0. The van der Waals surface area contributed by atoms with Crippen LogP contribution in [0.4, 0.5) is 4.39 Å². The zero-order valence-corrected chi connectivity index (χ0v) is 20.2. The van der Waals surface area contributed by atoms with E-state index in [0.29, 0.717) is 32.2 Å². The molecule has 0 aliphatic heterocycles. The Bertz CT molecular complexity index is 910. The monoisotopic (exact) mass is 460 g/mol. The van der Waals surface area contributed by atoms with E-state index < -0.39 is 39.9 Å². The Labute approximate surface area is 195 Å². The van der Waals surface area contributed by atoms with Gasteiger partial charge < -0.3 is 9.84 Å². The molecule has 4 aliphatic rings. The molecular formula is C27H37FO5. The molecule has 0 bridgehead atoms. The lowest BCUT2D eigenvalue weighted by Crippen LogP contribution is -2.69. The minimum absolute atomic E-state index is 0.0347. The van der Waals surface area contributed by atoms with Gasteiger partial charge >= 0.3 is 0 Å². The number of unbranched alkanes of at least 4 members (excludes halogenated alkanes) is 2.